The van der Waals surface area contributed by atoms with E-state index in [1.165, 1.54) is 0 Å². The molecule has 22 aliphatic rings. The zero-order chi connectivity index (χ0) is 52.4. The molecule has 2 saturated carbocycles. The number of aliphatic carboxylic acids is 1. The Morgan fingerprint density at radius 3 is 2.30 bits per heavy atom. The molecule has 81 heavy (non-hydrogen) atoms. The van der Waals surface area contributed by atoms with Gasteiger partial charge in [-0.05, 0) is 181 Å². The number of fused-ring (bicyclic) bond motifs is 2. The Morgan fingerprint density at radius 2 is 1.42 bits per heavy atom. The summed E-state index contributed by atoms with van der Waals surface area (Å²) in [6, 6.07) is 14.7. The number of aliphatic hydroxyl groups is 4. The molecule has 16 atom stereocenters. The standard InChI is InChI=1S/C70H32O11/c71-59(72)35-18-25-17-31-19-30-16-24-15-26-4-2-6-37-50-36(60(73)74)20-28-8-7-27-13-22-11-23-14-29-12-21-3-1-5-32-33-9-10-34(35)42-41(33)46-51(38(21)32)62(29,76)52-39(23)43-40(22)54-56-55-44(43)45-47(52)53(46)67(48(25)42)65(31,79-67)57(45)66(30)68(55,80-66)49(24)58(61(26,37)75)63(56,77)69(50,78)70(28)64(27,54)81-70/h1-20,46-47,49,51,53,58,75-78H,(H,71,72)(H,73,74). The molecule has 3 heterocycles. The number of benzene rings is 5. The maximum atomic E-state index is 15.6. The van der Waals surface area contributed by atoms with Crippen molar-refractivity contribution in [1.29, 1.82) is 0 Å². The molecule has 5 aromatic carbocycles. The molecule has 3 aliphatic heterocycles. The minimum atomic E-state index is -2.48. The van der Waals surface area contributed by atoms with Crippen LogP contribution >= 0.6 is 0 Å². The molecule has 0 amide bonds. The molecule has 6 N–H and O–H groups in total. The second-order valence-corrected chi connectivity index (χ2v) is 27.6. The van der Waals surface area contributed by atoms with Crippen LogP contribution in [-0.2, 0) is 41.4 Å². The van der Waals surface area contributed by atoms with Crippen molar-refractivity contribution in [3.05, 3.63) is 230 Å². The Labute approximate surface area is 454 Å². The van der Waals surface area contributed by atoms with E-state index in [0.29, 0.717) is 27.7 Å². The molecule has 16 unspecified atom stereocenters. The summed E-state index contributed by atoms with van der Waals surface area (Å²) < 4.78 is 24.1. The SMILES string of the molecule is O=C(O)C1=C2C3=CC=CC4=CC5=CC6=CC7=Cc8cc(C(=O)O)c9ccc%10c%11c9c8C89OC78C7=C8c%12c%13c%14c%15c%16c(cc%17c(c%12%16)=C%12C8C9C%11C8c9c(cccc9-%10)C=C(C=%17)C%128O)C=C8C=CC(=C1)C1(OC8%151)C2(O)C%14(O)C(C5C%131OC671)C43O. The molecule has 19 aliphatic carbocycles. The van der Waals surface area contributed by atoms with Gasteiger partial charge in [-0.3, -0.25) is 0 Å². The van der Waals surface area contributed by atoms with E-state index >= 15 is 15.3 Å². The number of hydrogen-bond donors (Lipinski definition) is 6. The van der Waals surface area contributed by atoms with Crippen LogP contribution in [-0.4, -0.2) is 76.2 Å². The van der Waals surface area contributed by atoms with E-state index in [0.717, 1.165) is 127 Å². The maximum Gasteiger partial charge on any atom is 0.336 e. The molecule has 11 nitrogen and oxygen atoms in total. The molecule has 0 radical (unpaired) electrons. The number of ether oxygens (including phenoxy) is 3. The summed E-state index contributed by atoms with van der Waals surface area (Å²) in [5, 5.41) is 88.4. The lowest BCUT2D eigenvalue weighted by atomic mass is 9.31. The van der Waals surface area contributed by atoms with E-state index < -0.39 is 91.6 Å². The highest BCUT2D eigenvalue weighted by Crippen LogP contribution is 2.96. The van der Waals surface area contributed by atoms with Gasteiger partial charge in [0.05, 0.1) is 11.1 Å². The summed E-state index contributed by atoms with van der Waals surface area (Å²) in [6.45, 7) is 0. The van der Waals surface area contributed by atoms with Gasteiger partial charge in [0.15, 0.2) is 28.0 Å². The fourth-order valence-electron chi connectivity index (χ4n) is 24.9. The average Bonchev–Trinajstić information content (AvgIpc) is 1.44. The minimum absolute atomic E-state index is 0.0408. The van der Waals surface area contributed by atoms with E-state index in [1.807, 2.05) is 36.4 Å². The first-order chi connectivity index (χ1) is 39.2. The smallest absolute Gasteiger partial charge is 0.336 e. The van der Waals surface area contributed by atoms with Gasteiger partial charge in [0.2, 0.25) is 0 Å². The van der Waals surface area contributed by atoms with Gasteiger partial charge >= 0.3 is 11.9 Å². The molecule has 5 fully saturated rings. The van der Waals surface area contributed by atoms with Gasteiger partial charge < -0.3 is 44.8 Å². The van der Waals surface area contributed by atoms with Crippen molar-refractivity contribution in [2.45, 2.75) is 67.8 Å². The topological polar surface area (TPSA) is 193 Å². The van der Waals surface area contributed by atoms with Crippen molar-refractivity contribution in [3.63, 3.8) is 0 Å². The third-order valence-corrected chi connectivity index (χ3v) is 26.3. The quantitative estimate of drug-likeness (QED) is 0.111. The molecule has 11 heteroatoms. The van der Waals surface area contributed by atoms with Crippen molar-refractivity contribution in [3.8, 4) is 11.1 Å². The van der Waals surface area contributed by atoms with Gasteiger partial charge in [-0.1, -0.05) is 72.9 Å². The number of aromatic carboxylic acids is 1. The lowest BCUT2D eigenvalue weighted by molar-refractivity contribution is -0.258. The average molecular weight is 1050 g/mol. The predicted octanol–water partition coefficient (Wildman–Crippen LogP) is 6.18. The highest BCUT2D eigenvalue weighted by Gasteiger charge is 3.02. The summed E-state index contributed by atoms with van der Waals surface area (Å²) in [5.74, 6) is -6.07. The van der Waals surface area contributed by atoms with E-state index in [9.17, 15) is 24.9 Å². The minimum Gasteiger partial charge on any atom is -0.478 e. The largest absolute Gasteiger partial charge is 0.478 e. The van der Waals surface area contributed by atoms with Crippen molar-refractivity contribution < 1.29 is 54.4 Å². The number of carboxylic acids is 2. The molecule has 0 aromatic heterocycles. The first-order valence-electron chi connectivity index (χ1n) is 28.5. The summed E-state index contributed by atoms with van der Waals surface area (Å²) >= 11 is 0. The predicted molar refractivity (Wildman–Crippen MR) is 286 cm³/mol. The molecule has 27 rings (SSSR count). The van der Waals surface area contributed by atoms with Crippen LogP contribution in [0.3, 0.4) is 0 Å². The van der Waals surface area contributed by atoms with Crippen LogP contribution in [0, 0.1) is 23.7 Å². The Bertz CT molecular complexity index is 5480. The lowest BCUT2D eigenvalue weighted by Gasteiger charge is -2.71. The molecule has 378 valence electrons. The van der Waals surface area contributed by atoms with Gasteiger partial charge in [-0.2, -0.15) is 0 Å². The summed E-state index contributed by atoms with van der Waals surface area (Å²) in [7, 11) is 0. The summed E-state index contributed by atoms with van der Waals surface area (Å²) in [4.78, 5) is 27.8. The number of epoxide rings is 3. The Kier molecular flexibility index (Phi) is 4.53. The van der Waals surface area contributed by atoms with Crippen LogP contribution in [0.4, 0.5) is 0 Å². The van der Waals surface area contributed by atoms with Crippen LogP contribution < -0.4 is 10.4 Å². The highest BCUT2D eigenvalue weighted by molar-refractivity contribution is 6.19. The number of hydrogen-bond acceptors (Lipinski definition) is 9. The van der Waals surface area contributed by atoms with Crippen LogP contribution in [0.5, 0.6) is 0 Å². The fourth-order valence-corrected chi connectivity index (χ4v) is 24.9. The van der Waals surface area contributed by atoms with E-state index in [-0.39, 0.29) is 34.1 Å². The number of rotatable bonds is 2. The second kappa shape index (κ2) is 9.51. The number of allylic oxidation sites excluding steroid dienone is 4. The molecule has 0 bridgehead atoms. The van der Waals surface area contributed by atoms with Crippen molar-refractivity contribution in [2.24, 2.45) is 23.7 Å². The maximum absolute atomic E-state index is 15.6. The van der Waals surface area contributed by atoms with Gasteiger partial charge in [-0.15, -0.1) is 0 Å². The van der Waals surface area contributed by atoms with Gasteiger partial charge in [0, 0.05) is 68.9 Å². The van der Waals surface area contributed by atoms with E-state index in [4.69, 9.17) is 14.2 Å². The van der Waals surface area contributed by atoms with Crippen LogP contribution in [0.15, 0.2) is 158 Å². The van der Waals surface area contributed by atoms with E-state index in [2.05, 4.69) is 66.8 Å². The Balaban J connectivity index is 0.958. The first kappa shape index (κ1) is 38.5. The second-order valence-electron chi connectivity index (χ2n) is 27.6. The fraction of sp³-hybridized carbons (Fsp3) is 0.229. The molecule has 3 saturated heterocycles. The normalized spacial score (nSPS) is 46.5. The molecule has 5 aromatic rings. The lowest BCUT2D eigenvalue weighted by Crippen LogP contribution is -2.82. The third kappa shape index (κ3) is 2.61. The van der Waals surface area contributed by atoms with Crippen LogP contribution in [0.2, 0.25) is 0 Å². The summed E-state index contributed by atoms with van der Waals surface area (Å²) in [6.07, 6.45) is 26.0. The van der Waals surface area contributed by atoms with Crippen molar-refractivity contribution in [2.75, 3.05) is 0 Å². The zero-order valence-electron chi connectivity index (χ0n) is 41.7. The van der Waals surface area contributed by atoms with Crippen LogP contribution in [0.1, 0.15) is 77.8 Å². The van der Waals surface area contributed by atoms with E-state index in [1.54, 1.807) is 18.2 Å². The van der Waals surface area contributed by atoms with Crippen molar-refractivity contribution in [1.82, 2.24) is 0 Å². The number of carboxylic acid groups (broad SMARTS) is 2. The molecular formula is C70H32O11. The Morgan fingerprint density at radius 1 is 0.605 bits per heavy atom. The van der Waals surface area contributed by atoms with Crippen LogP contribution in [0.25, 0.3) is 68.1 Å². The first-order valence-corrected chi connectivity index (χ1v) is 28.5. The summed E-state index contributed by atoms with van der Waals surface area (Å²) in [5.41, 5.74) is 2.72. The van der Waals surface area contributed by atoms with Gasteiger partial charge in [-0.25, -0.2) is 9.59 Å². The van der Waals surface area contributed by atoms with Crippen molar-refractivity contribution >= 4 is 68.9 Å². The molecule has 6 spiro atoms. The van der Waals surface area contributed by atoms with Gasteiger partial charge in [0.1, 0.15) is 28.0 Å². The van der Waals surface area contributed by atoms with Gasteiger partial charge in [0.25, 0.3) is 0 Å². The Hall–Kier alpha value is -8.10. The highest BCUT2D eigenvalue weighted by atomic mass is 16.7. The molecular weight excluding hydrogens is 1020 g/mol. The third-order valence-electron chi connectivity index (χ3n) is 26.3. The number of carbonyl (C=O) groups is 2. The monoisotopic (exact) mass is 1050 g/mol. The zero-order valence-corrected chi connectivity index (χ0v) is 41.7.